The van der Waals surface area contributed by atoms with Crippen molar-refractivity contribution >= 4 is 17.9 Å². The van der Waals surface area contributed by atoms with Crippen LogP contribution in [0.1, 0.15) is 97.8 Å². The van der Waals surface area contributed by atoms with E-state index in [1.54, 1.807) is 0 Å². The minimum Gasteiger partial charge on any atom is -0.481 e. The number of carboxylic acid groups (broad SMARTS) is 2. The molecule has 0 aromatic carbocycles. The highest BCUT2D eigenvalue weighted by Crippen LogP contribution is 2.24. The average molecular weight is 373 g/mol. The summed E-state index contributed by atoms with van der Waals surface area (Å²) in [6.07, 6.45) is 8.59. The summed E-state index contributed by atoms with van der Waals surface area (Å²) in [4.78, 5) is 33.0. The van der Waals surface area contributed by atoms with E-state index in [1.165, 1.54) is 0 Å². The van der Waals surface area contributed by atoms with Gasteiger partial charge in [0, 0.05) is 19.3 Å². The third kappa shape index (κ3) is 17.2. The topological polar surface area (TPSA) is 101 Å². The van der Waals surface area contributed by atoms with Crippen molar-refractivity contribution in [3.63, 3.8) is 0 Å². The van der Waals surface area contributed by atoms with Crippen molar-refractivity contribution in [3.05, 3.63) is 0 Å². The maximum Gasteiger partial charge on any atom is 0.306 e. The third-order valence-corrected chi connectivity index (χ3v) is 4.18. The SMILES string of the molecule is CC(C)(C)OC(=O)CCC(CCCCCC(=O)O)CCCCCC(=O)O. The Kier molecular flexibility index (Phi) is 12.8. The summed E-state index contributed by atoms with van der Waals surface area (Å²) in [5.74, 6) is -1.30. The van der Waals surface area contributed by atoms with Crippen LogP contribution in [0.25, 0.3) is 0 Å². The fourth-order valence-electron chi connectivity index (χ4n) is 2.92. The van der Waals surface area contributed by atoms with Crippen molar-refractivity contribution in [1.82, 2.24) is 0 Å². The minimum absolute atomic E-state index is 0.181. The predicted octanol–water partition coefficient (Wildman–Crippen LogP) is 4.79. The van der Waals surface area contributed by atoms with E-state index in [0.717, 1.165) is 44.9 Å². The Labute approximate surface area is 157 Å². The molecule has 0 aliphatic carbocycles. The summed E-state index contributed by atoms with van der Waals surface area (Å²) >= 11 is 0. The molecule has 0 aromatic rings. The van der Waals surface area contributed by atoms with Crippen LogP contribution in [0.3, 0.4) is 0 Å². The first-order valence-electron chi connectivity index (χ1n) is 9.75. The summed E-state index contributed by atoms with van der Waals surface area (Å²) < 4.78 is 5.36. The van der Waals surface area contributed by atoms with E-state index >= 15 is 0 Å². The van der Waals surface area contributed by atoms with Gasteiger partial charge in [-0.2, -0.15) is 0 Å². The number of hydrogen-bond acceptors (Lipinski definition) is 4. The zero-order valence-corrected chi connectivity index (χ0v) is 16.6. The standard InChI is InChI=1S/C20H36O6/c1-20(2,3)26-19(25)15-14-16(10-6-4-8-12-17(21)22)11-7-5-9-13-18(23)24/h16H,4-15H2,1-3H3,(H,21,22)(H,23,24). The average Bonchev–Trinajstić information content (AvgIpc) is 2.48. The van der Waals surface area contributed by atoms with E-state index in [1.807, 2.05) is 20.8 Å². The number of carboxylic acids is 2. The van der Waals surface area contributed by atoms with Crippen LogP contribution >= 0.6 is 0 Å². The van der Waals surface area contributed by atoms with Crippen molar-refractivity contribution in [1.29, 1.82) is 0 Å². The van der Waals surface area contributed by atoms with Crippen LogP contribution in [0.5, 0.6) is 0 Å². The van der Waals surface area contributed by atoms with Crippen molar-refractivity contribution in [3.8, 4) is 0 Å². The molecule has 2 N–H and O–H groups in total. The molecule has 6 nitrogen and oxygen atoms in total. The number of unbranched alkanes of at least 4 members (excludes halogenated alkanes) is 4. The molecule has 0 aliphatic rings. The molecule has 152 valence electrons. The van der Waals surface area contributed by atoms with E-state index in [2.05, 4.69) is 0 Å². The highest BCUT2D eigenvalue weighted by atomic mass is 16.6. The molecule has 0 spiro atoms. The van der Waals surface area contributed by atoms with Gasteiger partial charge < -0.3 is 14.9 Å². The monoisotopic (exact) mass is 372 g/mol. The van der Waals surface area contributed by atoms with Gasteiger partial charge in [-0.3, -0.25) is 14.4 Å². The van der Waals surface area contributed by atoms with Gasteiger partial charge in [-0.15, -0.1) is 0 Å². The summed E-state index contributed by atoms with van der Waals surface area (Å²) in [7, 11) is 0. The van der Waals surface area contributed by atoms with E-state index in [4.69, 9.17) is 14.9 Å². The third-order valence-electron chi connectivity index (χ3n) is 4.18. The Bertz CT molecular complexity index is 401. The Hall–Kier alpha value is -1.59. The summed E-state index contributed by atoms with van der Waals surface area (Å²) in [5.41, 5.74) is -0.472. The number of aliphatic carboxylic acids is 2. The second-order valence-electron chi connectivity index (χ2n) is 7.98. The first-order chi connectivity index (χ1) is 12.1. The van der Waals surface area contributed by atoms with Gasteiger partial charge in [0.25, 0.3) is 0 Å². The molecule has 0 aromatic heterocycles. The second-order valence-corrected chi connectivity index (χ2v) is 7.98. The number of hydrogen-bond donors (Lipinski definition) is 2. The molecule has 0 amide bonds. The highest BCUT2D eigenvalue weighted by Gasteiger charge is 2.18. The Balaban J connectivity index is 4.19. The van der Waals surface area contributed by atoms with Gasteiger partial charge in [0.05, 0.1) is 0 Å². The lowest BCUT2D eigenvalue weighted by molar-refractivity contribution is -0.155. The molecular weight excluding hydrogens is 336 g/mol. The van der Waals surface area contributed by atoms with Crippen molar-refractivity contribution in [2.24, 2.45) is 5.92 Å². The van der Waals surface area contributed by atoms with Gasteiger partial charge >= 0.3 is 17.9 Å². The van der Waals surface area contributed by atoms with E-state index < -0.39 is 17.5 Å². The lowest BCUT2D eigenvalue weighted by Crippen LogP contribution is -2.24. The van der Waals surface area contributed by atoms with Crippen molar-refractivity contribution in [2.75, 3.05) is 0 Å². The number of carbonyl (C=O) groups is 3. The van der Waals surface area contributed by atoms with Gasteiger partial charge in [0.1, 0.15) is 5.60 Å². The Morgan fingerprint density at radius 2 is 1.19 bits per heavy atom. The molecule has 0 aliphatic heterocycles. The minimum atomic E-state index is -0.759. The van der Waals surface area contributed by atoms with Crippen LogP contribution in [-0.2, 0) is 19.1 Å². The largest absolute Gasteiger partial charge is 0.481 e. The zero-order chi connectivity index (χ0) is 20.0. The second kappa shape index (κ2) is 13.6. The zero-order valence-electron chi connectivity index (χ0n) is 16.6. The molecule has 0 fully saturated rings. The van der Waals surface area contributed by atoms with Gasteiger partial charge in [-0.1, -0.05) is 38.5 Å². The van der Waals surface area contributed by atoms with Crippen LogP contribution < -0.4 is 0 Å². The molecule has 0 unspecified atom stereocenters. The predicted molar refractivity (Wildman–Crippen MR) is 100 cm³/mol. The summed E-state index contributed by atoms with van der Waals surface area (Å²) in [6, 6.07) is 0. The summed E-state index contributed by atoms with van der Waals surface area (Å²) in [5, 5.41) is 17.3. The van der Waals surface area contributed by atoms with Crippen LogP contribution in [0.4, 0.5) is 0 Å². The fraction of sp³-hybridized carbons (Fsp3) is 0.850. The van der Waals surface area contributed by atoms with Gasteiger partial charge in [0.15, 0.2) is 0 Å². The Morgan fingerprint density at radius 1 is 0.731 bits per heavy atom. The molecule has 0 saturated heterocycles. The summed E-state index contributed by atoms with van der Waals surface area (Å²) in [6.45, 7) is 5.56. The lowest BCUT2D eigenvalue weighted by atomic mass is 9.90. The first-order valence-corrected chi connectivity index (χ1v) is 9.75. The van der Waals surface area contributed by atoms with Crippen molar-refractivity contribution < 1.29 is 29.3 Å². The van der Waals surface area contributed by atoms with Gasteiger partial charge in [-0.25, -0.2) is 0 Å². The molecule has 0 radical (unpaired) electrons. The number of ether oxygens (including phenoxy) is 1. The van der Waals surface area contributed by atoms with Gasteiger partial charge in [-0.05, 0) is 46.0 Å². The van der Waals surface area contributed by atoms with E-state index in [9.17, 15) is 14.4 Å². The highest BCUT2D eigenvalue weighted by molar-refractivity contribution is 5.69. The quantitative estimate of drug-likeness (QED) is 0.316. The first kappa shape index (κ1) is 24.4. The molecular formula is C20H36O6. The molecule has 0 atom stereocenters. The van der Waals surface area contributed by atoms with Crippen molar-refractivity contribution in [2.45, 2.75) is 103 Å². The van der Waals surface area contributed by atoms with Crippen LogP contribution in [0, 0.1) is 5.92 Å². The molecule has 0 bridgehead atoms. The maximum absolute atomic E-state index is 11.9. The van der Waals surface area contributed by atoms with E-state index in [0.29, 0.717) is 25.2 Å². The maximum atomic E-state index is 11.9. The molecule has 6 heteroatoms. The van der Waals surface area contributed by atoms with Crippen LogP contribution in [-0.4, -0.2) is 33.7 Å². The number of carbonyl (C=O) groups excluding carboxylic acids is 1. The Morgan fingerprint density at radius 3 is 1.58 bits per heavy atom. The number of esters is 1. The van der Waals surface area contributed by atoms with E-state index in [-0.39, 0.29) is 18.8 Å². The van der Waals surface area contributed by atoms with Crippen LogP contribution in [0.15, 0.2) is 0 Å². The fourth-order valence-corrected chi connectivity index (χ4v) is 2.92. The normalized spacial score (nSPS) is 11.5. The molecule has 0 heterocycles. The molecule has 0 rings (SSSR count). The smallest absolute Gasteiger partial charge is 0.306 e. The van der Waals surface area contributed by atoms with Gasteiger partial charge in [0.2, 0.25) is 0 Å². The number of rotatable bonds is 15. The van der Waals surface area contributed by atoms with Crippen LogP contribution in [0.2, 0.25) is 0 Å². The molecule has 0 saturated carbocycles. The lowest BCUT2D eigenvalue weighted by Gasteiger charge is -2.21. The molecule has 26 heavy (non-hydrogen) atoms.